The molecule has 0 bridgehead atoms. The van der Waals surface area contributed by atoms with Crippen molar-refractivity contribution in [3.05, 3.63) is 63.0 Å². The highest BCUT2D eigenvalue weighted by atomic mass is 32.1. The Kier molecular flexibility index (Phi) is 4.51. The van der Waals surface area contributed by atoms with Gasteiger partial charge in [0.2, 0.25) is 0 Å². The molecule has 0 saturated heterocycles. The normalized spacial score (nSPS) is 17.3. The number of hydrogen-bond donors (Lipinski definition) is 0. The van der Waals surface area contributed by atoms with E-state index in [1.807, 2.05) is 42.5 Å². The maximum atomic E-state index is 12.5. The van der Waals surface area contributed by atoms with Gasteiger partial charge in [0, 0.05) is 29.4 Å². The number of esters is 1. The largest absolute Gasteiger partial charge is 0.465 e. The highest BCUT2D eigenvalue weighted by Gasteiger charge is 2.27. The third-order valence-electron chi connectivity index (χ3n) is 5.37. The van der Waals surface area contributed by atoms with E-state index in [0.717, 1.165) is 35.1 Å². The molecule has 1 aliphatic heterocycles. The molecule has 3 aromatic rings. The maximum Gasteiger partial charge on any atom is 0.340 e. The Hall–Kier alpha value is -2.24. The van der Waals surface area contributed by atoms with Crippen LogP contribution in [0, 0.1) is 6.92 Å². The fourth-order valence-corrected chi connectivity index (χ4v) is 4.86. The van der Waals surface area contributed by atoms with E-state index in [0.29, 0.717) is 18.2 Å². The van der Waals surface area contributed by atoms with Crippen LogP contribution in [0.25, 0.3) is 10.9 Å². The van der Waals surface area contributed by atoms with Crippen LogP contribution in [0.1, 0.15) is 45.0 Å². The first-order chi connectivity index (χ1) is 12.6. The highest BCUT2D eigenvalue weighted by molar-refractivity contribution is 7.10. The van der Waals surface area contributed by atoms with Crippen LogP contribution in [0.15, 0.2) is 35.7 Å². The van der Waals surface area contributed by atoms with Crippen molar-refractivity contribution in [2.75, 3.05) is 13.7 Å². The van der Waals surface area contributed by atoms with Crippen LogP contribution >= 0.6 is 11.3 Å². The van der Waals surface area contributed by atoms with Gasteiger partial charge in [0.25, 0.3) is 0 Å². The fourth-order valence-electron chi connectivity index (χ4n) is 3.90. The zero-order chi connectivity index (χ0) is 18.3. The Balaban J connectivity index is 1.77. The molecule has 134 valence electrons. The maximum absolute atomic E-state index is 12.5. The third-order valence-corrected chi connectivity index (χ3v) is 6.37. The molecule has 2 aromatic heterocycles. The van der Waals surface area contributed by atoms with Gasteiger partial charge in [0.1, 0.15) is 0 Å². The molecular formula is C21H22N2O2S. The molecule has 1 aliphatic rings. The zero-order valence-electron chi connectivity index (χ0n) is 15.3. The van der Waals surface area contributed by atoms with Gasteiger partial charge in [-0.1, -0.05) is 18.2 Å². The molecule has 0 amide bonds. The first-order valence-corrected chi connectivity index (χ1v) is 9.75. The lowest BCUT2D eigenvalue weighted by Crippen LogP contribution is -2.33. The summed E-state index contributed by atoms with van der Waals surface area (Å²) in [6.45, 7) is 5.84. The predicted molar refractivity (Wildman–Crippen MR) is 105 cm³/mol. The number of thiophene rings is 1. The molecule has 1 aromatic carbocycles. The summed E-state index contributed by atoms with van der Waals surface area (Å²) in [4.78, 5) is 21.2. The number of pyridine rings is 1. The van der Waals surface area contributed by atoms with E-state index >= 15 is 0 Å². The number of carbonyl (C=O) groups is 1. The summed E-state index contributed by atoms with van der Waals surface area (Å²) in [5, 5.41) is 3.17. The van der Waals surface area contributed by atoms with Gasteiger partial charge in [-0.05, 0) is 48.9 Å². The van der Waals surface area contributed by atoms with E-state index in [9.17, 15) is 4.79 Å². The summed E-state index contributed by atoms with van der Waals surface area (Å²) >= 11 is 1.84. The minimum atomic E-state index is -0.309. The summed E-state index contributed by atoms with van der Waals surface area (Å²) in [5.74, 6) is -0.309. The highest BCUT2D eigenvalue weighted by Crippen LogP contribution is 2.34. The Labute approximate surface area is 157 Å². The van der Waals surface area contributed by atoms with Gasteiger partial charge >= 0.3 is 5.97 Å². The summed E-state index contributed by atoms with van der Waals surface area (Å²) in [5.41, 5.74) is 4.68. The van der Waals surface area contributed by atoms with E-state index in [1.165, 1.54) is 17.6 Å². The van der Waals surface area contributed by atoms with E-state index in [2.05, 4.69) is 23.3 Å². The van der Waals surface area contributed by atoms with Crippen molar-refractivity contribution in [3.8, 4) is 0 Å². The lowest BCUT2D eigenvalue weighted by atomic mass is 9.98. The van der Waals surface area contributed by atoms with Crippen molar-refractivity contribution in [2.45, 2.75) is 32.9 Å². The Morgan fingerprint density at radius 2 is 2.15 bits per heavy atom. The number of para-hydroxylation sites is 1. The molecule has 0 fully saturated rings. The minimum Gasteiger partial charge on any atom is -0.465 e. The number of fused-ring (bicyclic) bond motifs is 2. The molecule has 0 saturated carbocycles. The molecule has 0 aliphatic carbocycles. The Bertz CT molecular complexity index is 979. The monoisotopic (exact) mass is 366 g/mol. The predicted octanol–water partition coefficient (Wildman–Crippen LogP) is 4.51. The van der Waals surface area contributed by atoms with Gasteiger partial charge in [0.15, 0.2) is 0 Å². The number of ether oxygens (including phenoxy) is 1. The number of methoxy groups -OCH3 is 1. The quantitative estimate of drug-likeness (QED) is 0.640. The number of aryl methyl sites for hydroxylation is 1. The van der Waals surface area contributed by atoms with E-state index < -0.39 is 0 Å². The molecule has 26 heavy (non-hydrogen) atoms. The van der Waals surface area contributed by atoms with Crippen LogP contribution in [-0.4, -0.2) is 29.5 Å². The van der Waals surface area contributed by atoms with Gasteiger partial charge in [-0.3, -0.25) is 9.88 Å². The van der Waals surface area contributed by atoms with Gasteiger partial charge in [0.05, 0.1) is 23.9 Å². The molecular weight excluding hydrogens is 344 g/mol. The van der Waals surface area contributed by atoms with E-state index in [-0.39, 0.29) is 5.97 Å². The van der Waals surface area contributed by atoms with Gasteiger partial charge in [-0.15, -0.1) is 11.3 Å². The van der Waals surface area contributed by atoms with Crippen LogP contribution in [0.3, 0.4) is 0 Å². The fraction of sp³-hybridized carbons (Fsp3) is 0.333. The lowest BCUT2D eigenvalue weighted by Gasteiger charge is -2.33. The van der Waals surface area contributed by atoms with Crippen molar-refractivity contribution < 1.29 is 9.53 Å². The molecule has 4 nitrogen and oxygen atoms in total. The molecule has 0 spiro atoms. The van der Waals surface area contributed by atoms with Crippen molar-refractivity contribution in [1.29, 1.82) is 0 Å². The minimum absolute atomic E-state index is 0.309. The summed E-state index contributed by atoms with van der Waals surface area (Å²) in [7, 11) is 1.43. The average Bonchev–Trinajstić information content (AvgIpc) is 3.13. The molecule has 1 atom stereocenters. The van der Waals surface area contributed by atoms with Crippen molar-refractivity contribution in [2.24, 2.45) is 0 Å². The number of carbonyl (C=O) groups excluding carboxylic acids is 1. The molecule has 0 unspecified atom stereocenters. The van der Waals surface area contributed by atoms with Gasteiger partial charge in [-0.25, -0.2) is 4.79 Å². The summed E-state index contributed by atoms with van der Waals surface area (Å²) in [6, 6.07) is 10.5. The van der Waals surface area contributed by atoms with Crippen LogP contribution in [0.5, 0.6) is 0 Å². The van der Waals surface area contributed by atoms with E-state index in [4.69, 9.17) is 9.72 Å². The lowest BCUT2D eigenvalue weighted by molar-refractivity contribution is 0.0596. The van der Waals surface area contributed by atoms with Crippen molar-refractivity contribution in [1.82, 2.24) is 9.88 Å². The van der Waals surface area contributed by atoms with Crippen LogP contribution in [0.2, 0.25) is 0 Å². The number of aromatic nitrogens is 1. The second kappa shape index (κ2) is 6.82. The molecule has 0 N–H and O–H groups in total. The zero-order valence-corrected chi connectivity index (χ0v) is 16.1. The molecule has 4 rings (SSSR count). The number of hydrogen-bond acceptors (Lipinski definition) is 5. The van der Waals surface area contributed by atoms with E-state index in [1.54, 1.807) is 0 Å². The SMILES string of the molecule is COC(=O)c1c(CN2CCc3sccc3[C@@H]2C)nc2ccccc2c1C. The number of rotatable bonds is 3. The molecule has 0 radical (unpaired) electrons. The van der Waals surface area contributed by atoms with Gasteiger partial charge in [-0.2, -0.15) is 0 Å². The summed E-state index contributed by atoms with van der Waals surface area (Å²) < 4.78 is 5.07. The van der Waals surface area contributed by atoms with Crippen molar-refractivity contribution in [3.63, 3.8) is 0 Å². The van der Waals surface area contributed by atoms with Crippen LogP contribution in [0.4, 0.5) is 0 Å². The Morgan fingerprint density at radius 3 is 2.96 bits per heavy atom. The van der Waals surface area contributed by atoms with Gasteiger partial charge < -0.3 is 4.74 Å². The number of benzene rings is 1. The van der Waals surface area contributed by atoms with Crippen LogP contribution in [-0.2, 0) is 17.7 Å². The second-order valence-corrected chi connectivity index (χ2v) is 7.76. The smallest absolute Gasteiger partial charge is 0.340 e. The third kappa shape index (κ3) is 2.81. The first-order valence-electron chi connectivity index (χ1n) is 8.87. The molecule has 3 heterocycles. The topological polar surface area (TPSA) is 42.4 Å². The Morgan fingerprint density at radius 1 is 1.35 bits per heavy atom. The van der Waals surface area contributed by atoms with Crippen molar-refractivity contribution >= 4 is 28.2 Å². The number of nitrogens with zero attached hydrogens (tertiary/aromatic N) is 2. The first kappa shape index (κ1) is 17.2. The average molecular weight is 366 g/mol. The standard InChI is InChI=1S/C21H22N2O2S/c1-13-15-6-4-5-7-17(15)22-18(20(13)21(24)25-3)12-23-10-8-19-16(14(23)2)9-11-26-19/h4-7,9,11,14H,8,10,12H2,1-3H3/t14-/m0/s1. The second-order valence-electron chi connectivity index (χ2n) is 6.76. The summed E-state index contributed by atoms with van der Waals surface area (Å²) in [6.07, 6.45) is 1.05. The van der Waals surface area contributed by atoms with Crippen LogP contribution < -0.4 is 0 Å². The molecule has 5 heteroatoms.